The molecule has 0 saturated heterocycles. The fourth-order valence-electron chi connectivity index (χ4n) is 1.95. The Morgan fingerprint density at radius 2 is 1.90 bits per heavy atom. The van der Waals surface area contributed by atoms with E-state index in [2.05, 4.69) is 4.72 Å². The first-order valence-electron chi connectivity index (χ1n) is 6.56. The highest BCUT2D eigenvalue weighted by molar-refractivity contribution is 7.92. The smallest absolute Gasteiger partial charge is 0.263 e. The SMILES string of the molecule is CCc1cccc(NS(=O)(=O)c2cc(CN)ccc2Cl)c1. The van der Waals surface area contributed by atoms with Gasteiger partial charge < -0.3 is 5.73 Å². The topological polar surface area (TPSA) is 72.2 Å². The number of hydrogen-bond donors (Lipinski definition) is 2. The van der Waals surface area contributed by atoms with Gasteiger partial charge in [-0.1, -0.05) is 36.7 Å². The molecule has 0 aliphatic heterocycles. The maximum Gasteiger partial charge on any atom is 0.263 e. The van der Waals surface area contributed by atoms with Crippen molar-refractivity contribution in [3.63, 3.8) is 0 Å². The minimum Gasteiger partial charge on any atom is -0.326 e. The first kappa shape index (κ1) is 15.8. The predicted molar refractivity (Wildman–Crippen MR) is 86.0 cm³/mol. The van der Waals surface area contributed by atoms with Gasteiger partial charge in [0, 0.05) is 12.2 Å². The molecule has 0 radical (unpaired) electrons. The third-order valence-electron chi connectivity index (χ3n) is 3.11. The third kappa shape index (κ3) is 3.75. The zero-order valence-electron chi connectivity index (χ0n) is 11.6. The standard InChI is InChI=1S/C15H17ClN2O2S/c1-2-11-4-3-5-13(8-11)18-21(19,20)15-9-12(10-17)6-7-14(15)16/h3-9,18H,2,10,17H2,1H3. The maximum absolute atomic E-state index is 12.5. The molecule has 112 valence electrons. The van der Waals surface area contributed by atoms with Crippen molar-refractivity contribution in [2.45, 2.75) is 24.8 Å². The van der Waals surface area contributed by atoms with Crippen molar-refractivity contribution in [3.8, 4) is 0 Å². The van der Waals surface area contributed by atoms with Crippen molar-refractivity contribution in [1.82, 2.24) is 0 Å². The second-order valence-electron chi connectivity index (χ2n) is 4.63. The highest BCUT2D eigenvalue weighted by Crippen LogP contribution is 2.25. The number of aryl methyl sites for hydroxylation is 1. The van der Waals surface area contributed by atoms with E-state index >= 15 is 0 Å². The number of nitrogens with two attached hydrogens (primary N) is 1. The number of rotatable bonds is 5. The minimum atomic E-state index is -3.74. The lowest BCUT2D eigenvalue weighted by molar-refractivity contribution is 0.601. The Morgan fingerprint density at radius 3 is 2.57 bits per heavy atom. The van der Waals surface area contributed by atoms with Crippen LogP contribution in [0.25, 0.3) is 0 Å². The summed E-state index contributed by atoms with van der Waals surface area (Å²) in [6.07, 6.45) is 0.832. The normalized spacial score (nSPS) is 11.4. The van der Waals surface area contributed by atoms with Crippen LogP contribution in [0.1, 0.15) is 18.1 Å². The van der Waals surface area contributed by atoms with Gasteiger partial charge in [0.15, 0.2) is 0 Å². The molecule has 4 nitrogen and oxygen atoms in total. The molecule has 0 amide bonds. The van der Waals surface area contributed by atoms with Crippen LogP contribution >= 0.6 is 11.6 Å². The summed E-state index contributed by atoms with van der Waals surface area (Å²) in [7, 11) is -3.74. The molecule has 0 fully saturated rings. The third-order valence-corrected chi connectivity index (χ3v) is 4.97. The van der Waals surface area contributed by atoms with E-state index in [0.717, 1.165) is 12.0 Å². The Bertz CT molecular complexity index is 745. The summed E-state index contributed by atoms with van der Waals surface area (Å²) in [5.74, 6) is 0. The minimum absolute atomic E-state index is 0.0361. The van der Waals surface area contributed by atoms with Gasteiger partial charge in [0.2, 0.25) is 0 Å². The Hall–Kier alpha value is -1.56. The number of hydrogen-bond acceptors (Lipinski definition) is 3. The zero-order valence-corrected chi connectivity index (χ0v) is 13.2. The number of nitrogens with one attached hydrogen (secondary N) is 1. The van der Waals surface area contributed by atoms with E-state index < -0.39 is 10.0 Å². The van der Waals surface area contributed by atoms with Crippen LogP contribution in [0.15, 0.2) is 47.4 Å². The Kier molecular flexibility index (Phi) is 4.88. The molecule has 0 unspecified atom stereocenters. The van der Waals surface area contributed by atoms with Crippen LogP contribution in [0.3, 0.4) is 0 Å². The lowest BCUT2D eigenvalue weighted by Crippen LogP contribution is -2.14. The van der Waals surface area contributed by atoms with Crippen LogP contribution in [0, 0.1) is 0 Å². The summed E-state index contributed by atoms with van der Waals surface area (Å²) < 4.78 is 27.5. The lowest BCUT2D eigenvalue weighted by atomic mass is 10.1. The van der Waals surface area contributed by atoms with E-state index in [1.165, 1.54) is 6.07 Å². The molecule has 0 bridgehead atoms. The van der Waals surface area contributed by atoms with Crippen molar-refractivity contribution in [1.29, 1.82) is 0 Å². The van der Waals surface area contributed by atoms with Gasteiger partial charge in [-0.3, -0.25) is 4.72 Å². The highest BCUT2D eigenvalue weighted by atomic mass is 35.5. The van der Waals surface area contributed by atoms with E-state index in [4.69, 9.17) is 17.3 Å². The first-order valence-corrected chi connectivity index (χ1v) is 8.42. The molecule has 0 aliphatic rings. The van der Waals surface area contributed by atoms with E-state index in [9.17, 15) is 8.42 Å². The molecular formula is C15H17ClN2O2S. The number of anilines is 1. The molecule has 6 heteroatoms. The van der Waals surface area contributed by atoms with Crippen LogP contribution in [0.2, 0.25) is 5.02 Å². The number of benzene rings is 2. The van der Waals surface area contributed by atoms with E-state index in [-0.39, 0.29) is 16.5 Å². The van der Waals surface area contributed by atoms with Crippen LogP contribution in [0.5, 0.6) is 0 Å². The van der Waals surface area contributed by atoms with Gasteiger partial charge in [-0.15, -0.1) is 0 Å². The molecule has 21 heavy (non-hydrogen) atoms. The van der Waals surface area contributed by atoms with Crippen LogP contribution < -0.4 is 10.5 Å². The van der Waals surface area contributed by atoms with Gasteiger partial charge in [-0.2, -0.15) is 0 Å². The lowest BCUT2D eigenvalue weighted by Gasteiger charge is -2.11. The average Bonchev–Trinajstić information content (AvgIpc) is 2.47. The molecule has 0 heterocycles. The summed E-state index contributed by atoms with van der Waals surface area (Å²) in [5.41, 5.74) is 7.82. The summed E-state index contributed by atoms with van der Waals surface area (Å²) >= 11 is 6.00. The van der Waals surface area contributed by atoms with Gasteiger partial charge >= 0.3 is 0 Å². The first-order chi connectivity index (χ1) is 9.96. The van der Waals surface area contributed by atoms with E-state index in [0.29, 0.717) is 11.3 Å². The van der Waals surface area contributed by atoms with Crippen molar-refractivity contribution in [3.05, 3.63) is 58.6 Å². The van der Waals surface area contributed by atoms with E-state index in [1.54, 1.807) is 24.3 Å². The monoisotopic (exact) mass is 324 g/mol. The summed E-state index contributed by atoms with van der Waals surface area (Å²) in [6.45, 7) is 2.26. The van der Waals surface area contributed by atoms with Gasteiger partial charge in [-0.25, -0.2) is 8.42 Å². The fourth-order valence-corrected chi connectivity index (χ4v) is 3.55. The quantitative estimate of drug-likeness (QED) is 0.887. The molecule has 0 saturated carbocycles. The second kappa shape index (κ2) is 6.47. The van der Waals surface area contributed by atoms with Crippen LogP contribution in [-0.2, 0) is 23.0 Å². The van der Waals surface area contributed by atoms with Gasteiger partial charge in [0.1, 0.15) is 4.90 Å². The second-order valence-corrected chi connectivity index (χ2v) is 6.69. The van der Waals surface area contributed by atoms with E-state index in [1.807, 2.05) is 19.1 Å². The van der Waals surface area contributed by atoms with Gasteiger partial charge in [-0.05, 0) is 41.8 Å². The molecular weight excluding hydrogens is 308 g/mol. The average molecular weight is 325 g/mol. The molecule has 3 N–H and O–H groups in total. The molecule has 0 aromatic heterocycles. The van der Waals surface area contributed by atoms with Gasteiger partial charge in [0.25, 0.3) is 10.0 Å². The predicted octanol–water partition coefficient (Wildman–Crippen LogP) is 3.16. The van der Waals surface area contributed by atoms with Crippen molar-refractivity contribution in [2.75, 3.05) is 4.72 Å². The Balaban J connectivity index is 2.38. The van der Waals surface area contributed by atoms with Crippen molar-refractivity contribution < 1.29 is 8.42 Å². The number of halogens is 1. The van der Waals surface area contributed by atoms with Crippen LogP contribution in [0.4, 0.5) is 5.69 Å². The van der Waals surface area contributed by atoms with Crippen molar-refractivity contribution >= 4 is 27.3 Å². The maximum atomic E-state index is 12.5. The molecule has 2 rings (SSSR count). The summed E-state index contributed by atoms with van der Waals surface area (Å²) in [6, 6.07) is 12.0. The molecule has 0 spiro atoms. The largest absolute Gasteiger partial charge is 0.326 e. The van der Waals surface area contributed by atoms with Crippen molar-refractivity contribution in [2.24, 2.45) is 5.73 Å². The Morgan fingerprint density at radius 1 is 1.14 bits per heavy atom. The van der Waals surface area contributed by atoms with Crippen LogP contribution in [-0.4, -0.2) is 8.42 Å². The zero-order chi connectivity index (χ0) is 15.5. The molecule has 0 atom stereocenters. The van der Waals surface area contributed by atoms with Gasteiger partial charge in [0.05, 0.1) is 5.02 Å². The molecule has 0 aliphatic carbocycles. The number of sulfonamides is 1. The highest BCUT2D eigenvalue weighted by Gasteiger charge is 2.18. The summed E-state index contributed by atoms with van der Waals surface area (Å²) in [4.78, 5) is 0.0361. The Labute approximate surface area is 130 Å². The molecule has 2 aromatic rings. The summed E-state index contributed by atoms with van der Waals surface area (Å²) in [5, 5.41) is 0.173. The molecule has 2 aromatic carbocycles. The fraction of sp³-hybridized carbons (Fsp3) is 0.200.